The zero-order valence-corrected chi connectivity index (χ0v) is 22.6. The third-order valence-corrected chi connectivity index (χ3v) is 6.83. The van der Waals surface area contributed by atoms with Crippen molar-refractivity contribution in [2.75, 3.05) is 20.8 Å². The number of ether oxygens (including phenoxy) is 3. The SMILES string of the molecule is COc1ccc(C(OCC[C@@](C)(O)Cn2cc(C)c(=O)[nH]c2=O)(c2ccccc2)c2ccc(OC)cc2)cc1. The first-order chi connectivity index (χ1) is 18.7. The van der Waals surface area contributed by atoms with Crippen LogP contribution in [0.25, 0.3) is 0 Å². The van der Waals surface area contributed by atoms with Crippen LogP contribution < -0.4 is 20.7 Å². The molecule has 0 aliphatic carbocycles. The Morgan fingerprint density at radius 1 is 0.821 bits per heavy atom. The fourth-order valence-electron chi connectivity index (χ4n) is 4.68. The number of rotatable bonds is 11. The molecule has 1 aromatic heterocycles. The number of aromatic nitrogens is 2. The molecule has 8 heteroatoms. The third-order valence-electron chi connectivity index (χ3n) is 6.83. The molecule has 0 fully saturated rings. The smallest absolute Gasteiger partial charge is 0.328 e. The second kappa shape index (κ2) is 11.7. The Kier molecular flexibility index (Phi) is 8.38. The number of nitrogens with zero attached hydrogens (tertiary/aromatic N) is 1. The van der Waals surface area contributed by atoms with Crippen molar-refractivity contribution in [3.63, 3.8) is 0 Å². The summed E-state index contributed by atoms with van der Waals surface area (Å²) in [5.41, 5.74) is -0.250. The predicted octanol–water partition coefficient (Wildman–Crippen LogP) is 4.01. The minimum Gasteiger partial charge on any atom is -0.497 e. The van der Waals surface area contributed by atoms with Gasteiger partial charge >= 0.3 is 5.69 Å². The zero-order chi connectivity index (χ0) is 28.0. The Balaban J connectivity index is 1.72. The van der Waals surface area contributed by atoms with Crippen molar-refractivity contribution in [3.05, 3.63) is 128 Å². The maximum Gasteiger partial charge on any atom is 0.328 e. The van der Waals surface area contributed by atoms with Crippen LogP contribution in [-0.2, 0) is 16.9 Å². The van der Waals surface area contributed by atoms with Crippen LogP contribution in [0.5, 0.6) is 11.5 Å². The summed E-state index contributed by atoms with van der Waals surface area (Å²) in [5, 5.41) is 11.2. The molecule has 0 aliphatic rings. The zero-order valence-electron chi connectivity index (χ0n) is 22.6. The number of hydrogen-bond donors (Lipinski definition) is 2. The molecule has 8 nitrogen and oxygen atoms in total. The van der Waals surface area contributed by atoms with Gasteiger partial charge in [-0.2, -0.15) is 0 Å². The largest absolute Gasteiger partial charge is 0.497 e. The van der Waals surface area contributed by atoms with Crippen LogP contribution in [0, 0.1) is 6.92 Å². The summed E-state index contributed by atoms with van der Waals surface area (Å²) < 4.78 is 18.9. The molecule has 4 aromatic rings. The molecule has 0 amide bonds. The highest BCUT2D eigenvalue weighted by molar-refractivity contribution is 5.49. The van der Waals surface area contributed by atoms with Gasteiger partial charge < -0.3 is 19.3 Å². The molecule has 0 unspecified atom stereocenters. The van der Waals surface area contributed by atoms with Crippen molar-refractivity contribution < 1.29 is 19.3 Å². The van der Waals surface area contributed by atoms with Gasteiger partial charge in [-0.3, -0.25) is 14.3 Å². The monoisotopic (exact) mass is 530 g/mol. The number of aromatic amines is 1. The van der Waals surface area contributed by atoms with Crippen molar-refractivity contribution >= 4 is 0 Å². The number of hydrogen-bond acceptors (Lipinski definition) is 6. The molecule has 0 spiro atoms. The van der Waals surface area contributed by atoms with E-state index < -0.39 is 22.5 Å². The first-order valence-electron chi connectivity index (χ1n) is 12.7. The van der Waals surface area contributed by atoms with Crippen LogP contribution in [0.1, 0.15) is 35.6 Å². The van der Waals surface area contributed by atoms with Gasteiger partial charge in [0.2, 0.25) is 0 Å². The molecule has 39 heavy (non-hydrogen) atoms. The topological polar surface area (TPSA) is 103 Å². The summed E-state index contributed by atoms with van der Waals surface area (Å²) in [5.74, 6) is 1.44. The van der Waals surface area contributed by atoms with Crippen LogP contribution in [0.2, 0.25) is 0 Å². The number of methoxy groups -OCH3 is 2. The summed E-state index contributed by atoms with van der Waals surface area (Å²) >= 11 is 0. The Labute approximate surface area is 227 Å². The molecule has 204 valence electrons. The second-order valence-electron chi connectivity index (χ2n) is 9.80. The minimum atomic E-state index is -1.29. The summed E-state index contributed by atoms with van der Waals surface area (Å²) in [7, 11) is 3.24. The van der Waals surface area contributed by atoms with Gasteiger partial charge in [0.15, 0.2) is 0 Å². The fourth-order valence-corrected chi connectivity index (χ4v) is 4.68. The normalized spacial score (nSPS) is 13.1. The lowest BCUT2D eigenvalue weighted by atomic mass is 9.80. The van der Waals surface area contributed by atoms with Crippen molar-refractivity contribution in [1.29, 1.82) is 0 Å². The van der Waals surface area contributed by atoms with Crippen LogP contribution in [0.4, 0.5) is 0 Å². The molecule has 2 N–H and O–H groups in total. The summed E-state index contributed by atoms with van der Waals surface area (Å²) in [6.45, 7) is 3.42. The first-order valence-corrected chi connectivity index (χ1v) is 12.7. The quantitative estimate of drug-likeness (QED) is 0.284. The van der Waals surface area contributed by atoms with E-state index in [1.54, 1.807) is 28.1 Å². The van der Waals surface area contributed by atoms with E-state index in [1.165, 1.54) is 10.8 Å². The van der Waals surface area contributed by atoms with E-state index in [0.717, 1.165) is 28.2 Å². The van der Waals surface area contributed by atoms with Crippen LogP contribution >= 0.6 is 0 Å². The van der Waals surface area contributed by atoms with Gasteiger partial charge in [0.25, 0.3) is 5.56 Å². The first kappa shape index (κ1) is 27.9. The number of H-pyrrole nitrogens is 1. The number of aliphatic hydroxyl groups is 1. The Morgan fingerprint density at radius 3 is 1.85 bits per heavy atom. The van der Waals surface area contributed by atoms with E-state index >= 15 is 0 Å². The standard InChI is InChI=1S/C31H34N2O6/c1-22-20-33(29(35)32-28(22)34)21-30(2,36)18-19-39-31(23-8-6-5-7-9-23,24-10-14-26(37-3)15-11-24)25-12-16-27(38-4)17-13-25/h5-17,20,36H,18-19,21H2,1-4H3,(H,32,34,35)/t30-/m1/s1. The van der Waals surface area contributed by atoms with E-state index in [0.29, 0.717) is 5.56 Å². The summed E-state index contributed by atoms with van der Waals surface area (Å²) in [6, 6.07) is 25.3. The van der Waals surface area contributed by atoms with Crippen LogP contribution in [0.15, 0.2) is 94.6 Å². The van der Waals surface area contributed by atoms with Gasteiger partial charge in [0, 0.05) is 18.2 Å². The Morgan fingerprint density at radius 2 is 1.33 bits per heavy atom. The molecule has 0 bridgehead atoms. The Bertz CT molecular complexity index is 1440. The van der Waals surface area contributed by atoms with E-state index in [2.05, 4.69) is 4.98 Å². The second-order valence-corrected chi connectivity index (χ2v) is 9.80. The molecule has 0 saturated heterocycles. The third kappa shape index (κ3) is 6.13. The molecule has 0 saturated carbocycles. The molecule has 3 aromatic carbocycles. The van der Waals surface area contributed by atoms with E-state index in [4.69, 9.17) is 14.2 Å². The molecule has 4 rings (SSSR count). The van der Waals surface area contributed by atoms with Crippen LogP contribution in [-0.4, -0.2) is 41.1 Å². The average Bonchev–Trinajstić information content (AvgIpc) is 2.95. The number of aryl methyl sites for hydroxylation is 1. The molecule has 1 atom stereocenters. The average molecular weight is 531 g/mol. The van der Waals surface area contributed by atoms with Gasteiger partial charge in [-0.05, 0) is 54.8 Å². The Hall–Kier alpha value is -4.14. The lowest BCUT2D eigenvalue weighted by Gasteiger charge is -2.37. The van der Waals surface area contributed by atoms with Gasteiger partial charge in [-0.25, -0.2) is 4.79 Å². The molecular weight excluding hydrogens is 496 g/mol. The van der Waals surface area contributed by atoms with Gasteiger partial charge in [0.1, 0.15) is 17.1 Å². The predicted molar refractivity (Wildman–Crippen MR) is 150 cm³/mol. The highest BCUT2D eigenvalue weighted by Crippen LogP contribution is 2.42. The van der Waals surface area contributed by atoms with E-state index in [9.17, 15) is 14.7 Å². The number of nitrogens with one attached hydrogen (secondary N) is 1. The van der Waals surface area contributed by atoms with Crippen molar-refractivity contribution in [2.45, 2.75) is 38.0 Å². The summed E-state index contributed by atoms with van der Waals surface area (Å²) in [4.78, 5) is 26.3. The molecule has 1 heterocycles. The van der Waals surface area contributed by atoms with Gasteiger partial charge in [-0.15, -0.1) is 0 Å². The van der Waals surface area contributed by atoms with Crippen LogP contribution in [0.3, 0.4) is 0 Å². The highest BCUT2D eigenvalue weighted by Gasteiger charge is 2.38. The highest BCUT2D eigenvalue weighted by atomic mass is 16.5. The van der Waals surface area contributed by atoms with E-state index in [1.807, 2.05) is 78.9 Å². The van der Waals surface area contributed by atoms with Crippen molar-refractivity contribution in [1.82, 2.24) is 9.55 Å². The maximum atomic E-state index is 12.3. The molecular formula is C31H34N2O6. The van der Waals surface area contributed by atoms with Crippen molar-refractivity contribution in [3.8, 4) is 11.5 Å². The van der Waals surface area contributed by atoms with Crippen molar-refractivity contribution in [2.24, 2.45) is 0 Å². The van der Waals surface area contributed by atoms with E-state index in [-0.39, 0.29) is 19.6 Å². The molecule has 0 aliphatic heterocycles. The lowest BCUT2D eigenvalue weighted by Crippen LogP contribution is -2.40. The van der Waals surface area contributed by atoms with Gasteiger partial charge in [-0.1, -0.05) is 54.6 Å². The van der Waals surface area contributed by atoms with Gasteiger partial charge in [0.05, 0.1) is 33.0 Å². The minimum absolute atomic E-state index is 0.00375. The summed E-state index contributed by atoms with van der Waals surface area (Å²) in [6.07, 6.45) is 1.68. The fraction of sp³-hybridized carbons (Fsp3) is 0.290. The molecule has 0 radical (unpaired) electrons. The maximum absolute atomic E-state index is 12.3. The lowest BCUT2D eigenvalue weighted by molar-refractivity contribution is -0.0390. The number of benzene rings is 3.